The van der Waals surface area contributed by atoms with Crippen LogP contribution in [0.3, 0.4) is 0 Å². The molecule has 0 bridgehead atoms. The van der Waals surface area contributed by atoms with Crippen LogP contribution in [0.25, 0.3) is 11.0 Å². The van der Waals surface area contributed by atoms with Crippen LogP contribution in [0.5, 0.6) is 0 Å². The zero-order valence-corrected chi connectivity index (χ0v) is 10.7. The highest BCUT2D eigenvalue weighted by Gasteiger charge is 2.10. The zero-order valence-electron chi connectivity index (χ0n) is 10.7. The van der Waals surface area contributed by atoms with Crippen LogP contribution in [0, 0.1) is 6.92 Å². The Hall–Kier alpha value is -1.39. The monoisotopic (exact) mass is 232 g/mol. The normalized spacial score (nSPS) is 13.1. The second-order valence-corrected chi connectivity index (χ2v) is 4.33. The van der Waals surface area contributed by atoms with Crippen molar-refractivity contribution in [1.82, 2.24) is 20.6 Å². The highest BCUT2D eigenvalue weighted by atomic mass is 14.9. The number of benzene rings is 1. The lowest BCUT2D eigenvalue weighted by Gasteiger charge is -2.16. The lowest BCUT2D eigenvalue weighted by molar-refractivity contribution is 0.533. The molecule has 1 aromatic carbocycles. The first-order chi connectivity index (χ1) is 8.24. The van der Waals surface area contributed by atoms with Crippen molar-refractivity contribution in [3.8, 4) is 0 Å². The van der Waals surface area contributed by atoms with E-state index in [0.29, 0.717) is 6.04 Å². The molecule has 1 aromatic heterocycles. The first kappa shape index (κ1) is 12.1. The maximum absolute atomic E-state index is 4.41. The van der Waals surface area contributed by atoms with Crippen molar-refractivity contribution in [3.05, 3.63) is 29.6 Å². The summed E-state index contributed by atoms with van der Waals surface area (Å²) in [5.41, 5.74) is 3.46. The van der Waals surface area contributed by atoms with Crippen LogP contribution in [0.4, 0.5) is 0 Å². The second-order valence-electron chi connectivity index (χ2n) is 4.33. The van der Waals surface area contributed by atoms with Crippen molar-refractivity contribution >= 4 is 11.0 Å². The predicted octanol–water partition coefficient (Wildman–Crippen LogP) is 1.74. The fraction of sp³-hybridized carbons (Fsp3) is 0.462. The van der Waals surface area contributed by atoms with E-state index >= 15 is 0 Å². The molecule has 4 nitrogen and oxygen atoms in total. The van der Waals surface area contributed by atoms with Gasteiger partial charge in [0.2, 0.25) is 0 Å². The van der Waals surface area contributed by atoms with Gasteiger partial charge in [0.15, 0.2) is 0 Å². The first-order valence-corrected chi connectivity index (χ1v) is 6.02. The van der Waals surface area contributed by atoms with Crippen LogP contribution >= 0.6 is 0 Å². The van der Waals surface area contributed by atoms with E-state index < -0.39 is 0 Å². The molecule has 0 radical (unpaired) electrons. The topological polar surface area (TPSA) is 52.7 Å². The van der Waals surface area contributed by atoms with Crippen LogP contribution in [-0.2, 0) is 0 Å². The van der Waals surface area contributed by atoms with Crippen LogP contribution in [0.15, 0.2) is 18.2 Å². The molecule has 3 N–H and O–H groups in total. The highest BCUT2D eigenvalue weighted by Crippen LogP contribution is 2.20. The molecule has 0 aliphatic heterocycles. The Bertz CT molecular complexity index is 489. The SMILES string of the molecule is CNCCC(NC)c1ccc2nc(C)[nH]c2c1. The van der Waals surface area contributed by atoms with Gasteiger partial charge < -0.3 is 15.6 Å². The summed E-state index contributed by atoms with van der Waals surface area (Å²) in [4.78, 5) is 7.69. The molecule has 92 valence electrons. The Balaban J connectivity index is 2.26. The molecule has 2 aromatic rings. The van der Waals surface area contributed by atoms with Gasteiger partial charge in [0.25, 0.3) is 0 Å². The molecule has 0 amide bonds. The van der Waals surface area contributed by atoms with Gasteiger partial charge in [-0.15, -0.1) is 0 Å². The van der Waals surface area contributed by atoms with Crippen molar-refractivity contribution in [2.24, 2.45) is 0 Å². The van der Waals surface area contributed by atoms with Crippen LogP contribution < -0.4 is 10.6 Å². The van der Waals surface area contributed by atoms with E-state index in [0.717, 1.165) is 29.8 Å². The average molecular weight is 232 g/mol. The summed E-state index contributed by atoms with van der Waals surface area (Å²) in [6, 6.07) is 6.80. The Morgan fingerprint density at radius 2 is 2.18 bits per heavy atom. The fourth-order valence-corrected chi connectivity index (χ4v) is 2.14. The van der Waals surface area contributed by atoms with E-state index in [-0.39, 0.29) is 0 Å². The summed E-state index contributed by atoms with van der Waals surface area (Å²) in [6.07, 6.45) is 1.08. The number of aryl methyl sites for hydroxylation is 1. The quantitative estimate of drug-likeness (QED) is 0.736. The van der Waals surface area contributed by atoms with Crippen molar-refractivity contribution < 1.29 is 0 Å². The number of hydrogen-bond donors (Lipinski definition) is 3. The highest BCUT2D eigenvalue weighted by molar-refractivity contribution is 5.75. The van der Waals surface area contributed by atoms with Crippen LogP contribution in [0.2, 0.25) is 0 Å². The van der Waals surface area contributed by atoms with Crippen LogP contribution in [-0.4, -0.2) is 30.6 Å². The van der Waals surface area contributed by atoms with Crippen LogP contribution in [0.1, 0.15) is 23.9 Å². The minimum Gasteiger partial charge on any atom is -0.342 e. The molecule has 2 rings (SSSR count). The smallest absolute Gasteiger partial charge is 0.104 e. The zero-order chi connectivity index (χ0) is 12.3. The van der Waals surface area contributed by atoms with Crippen molar-refractivity contribution in [1.29, 1.82) is 0 Å². The molecule has 17 heavy (non-hydrogen) atoms. The molecule has 1 heterocycles. The molecule has 1 unspecified atom stereocenters. The number of nitrogens with one attached hydrogen (secondary N) is 3. The number of aromatic amines is 1. The van der Waals surface area contributed by atoms with E-state index in [1.807, 2.05) is 21.0 Å². The fourth-order valence-electron chi connectivity index (χ4n) is 2.14. The summed E-state index contributed by atoms with van der Waals surface area (Å²) in [6.45, 7) is 2.99. The number of rotatable bonds is 5. The minimum absolute atomic E-state index is 0.385. The van der Waals surface area contributed by atoms with Crippen molar-refractivity contribution in [2.45, 2.75) is 19.4 Å². The van der Waals surface area contributed by atoms with Gasteiger partial charge in [0.05, 0.1) is 11.0 Å². The van der Waals surface area contributed by atoms with Gasteiger partial charge in [-0.25, -0.2) is 4.98 Å². The molecule has 1 atom stereocenters. The summed E-state index contributed by atoms with van der Waals surface area (Å²) < 4.78 is 0. The molecular formula is C13H20N4. The van der Waals surface area contributed by atoms with Gasteiger partial charge in [-0.05, 0) is 51.7 Å². The Kier molecular flexibility index (Phi) is 3.76. The van der Waals surface area contributed by atoms with E-state index in [1.54, 1.807) is 0 Å². The minimum atomic E-state index is 0.385. The number of nitrogens with zero attached hydrogens (tertiary/aromatic N) is 1. The van der Waals surface area contributed by atoms with Gasteiger partial charge in [0, 0.05) is 6.04 Å². The average Bonchev–Trinajstić information content (AvgIpc) is 2.69. The van der Waals surface area contributed by atoms with Crippen molar-refractivity contribution in [3.63, 3.8) is 0 Å². The number of H-pyrrole nitrogens is 1. The molecule has 0 spiro atoms. The summed E-state index contributed by atoms with van der Waals surface area (Å²) >= 11 is 0. The summed E-state index contributed by atoms with van der Waals surface area (Å²) in [5.74, 6) is 0.966. The second kappa shape index (κ2) is 5.29. The number of imidazole rings is 1. The molecule has 0 saturated carbocycles. The standard InChI is InChI=1S/C13H20N4/c1-9-16-12-5-4-10(8-13(12)17-9)11(15-3)6-7-14-2/h4-5,8,11,14-15H,6-7H2,1-3H3,(H,16,17). The summed E-state index contributed by atoms with van der Waals surface area (Å²) in [7, 11) is 3.98. The molecular weight excluding hydrogens is 212 g/mol. The molecule has 0 saturated heterocycles. The first-order valence-electron chi connectivity index (χ1n) is 6.02. The summed E-state index contributed by atoms with van der Waals surface area (Å²) in [5, 5.41) is 6.53. The van der Waals surface area contributed by atoms with E-state index in [4.69, 9.17) is 0 Å². The van der Waals surface area contributed by atoms with Gasteiger partial charge in [-0.2, -0.15) is 0 Å². The van der Waals surface area contributed by atoms with Gasteiger partial charge in [-0.1, -0.05) is 6.07 Å². The van der Waals surface area contributed by atoms with Crippen molar-refractivity contribution in [2.75, 3.05) is 20.6 Å². The maximum atomic E-state index is 4.41. The molecule has 0 aliphatic rings. The Labute approximate surface area is 102 Å². The number of aromatic nitrogens is 2. The lowest BCUT2D eigenvalue weighted by atomic mass is 10.0. The largest absolute Gasteiger partial charge is 0.342 e. The predicted molar refractivity (Wildman–Crippen MR) is 71.2 cm³/mol. The lowest BCUT2D eigenvalue weighted by Crippen LogP contribution is -2.21. The maximum Gasteiger partial charge on any atom is 0.104 e. The molecule has 0 fully saturated rings. The Morgan fingerprint density at radius 3 is 2.88 bits per heavy atom. The third-order valence-corrected chi connectivity index (χ3v) is 3.06. The third kappa shape index (κ3) is 2.65. The van der Waals surface area contributed by atoms with Gasteiger partial charge >= 0.3 is 0 Å². The third-order valence-electron chi connectivity index (χ3n) is 3.06. The van der Waals surface area contributed by atoms with Gasteiger partial charge in [0.1, 0.15) is 5.82 Å². The van der Waals surface area contributed by atoms with E-state index in [9.17, 15) is 0 Å². The van der Waals surface area contributed by atoms with E-state index in [2.05, 4.69) is 38.8 Å². The Morgan fingerprint density at radius 1 is 1.35 bits per heavy atom. The van der Waals surface area contributed by atoms with Gasteiger partial charge in [-0.3, -0.25) is 0 Å². The number of fused-ring (bicyclic) bond motifs is 1. The molecule has 4 heteroatoms. The molecule has 0 aliphatic carbocycles. The number of hydrogen-bond acceptors (Lipinski definition) is 3. The van der Waals surface area contributed by atoms with E-state index in [1.165, 1.54) is 5.56 Å².